The quantitative estimate of drug-likeness (QED) is 0.468. The van der Waals surface area contributed by atoms with Gasteiger partial charge in [0.1, 0.15) is 12.4 Å². The van der Waals surface area contributed by atoms with Crippen LogP contribution in [0.5, 0.6) is 0 Å². The molecule has 0 saturated carbocycles. The van der Waals surface area contributed by atoms with Gasteiger partial charge in [0.2, 0.25) is 17.7 Å². The molecule has 2 aromatic carbocycles. The summed E-state index contributed by atoms with van der Waals surface area (Å²) >= 11 is 0. The van der Waals surface area contributed by atoms with E-state index in [4.69, 9.17) is 0 Å². The van der Waals surface area contributed by atoms with E-state index in [0.717, 1.165) is 27.8 Å². The third-order valence-electron chi connectivity index (χ3n) is 7.38. The summed E-state index contributed by atoms with van der Waals surface area (Å²) in [7, 11) is 0. The van der Waals surface area contributed by atoms with E-state index in [1.54, 1.807) is 6.20 Å². The van der Waals surface area contributed by atoms with Crippen LogP contribution in [0.2, 0.25) is 0 Å². The molecule has 3 N–H and O–H groups in total. The molecule has 3 amide bonds. The van der Waals surface area contributed by atoms with E-state index < -0.39 is 10.8 Å². The van der Waals surface area contributed by atoms with E-state index in [9.17, 15) is 19.5 Å². The number of carbonyl (C=O) groups is 3. The SMILES string of the molecule is CC(C)(C)C(=O)N(CC(=O)Nc1ccc2c(c1)CC1(C2)C(=O)Nc2ncccc21)Cc1ccccc1CO. The minimum atomic E-state index is -0.677. The fraction of sp³-hybridized carbons (Fsp3) is 0.333. The first-order chi connectivity index (χ1) is 18.1. The topological polar surface area (TPSA) is 112 Å². The second-order valence-corrected chi connectivity index (χ2v) is 11.2. The van der Waals surface area contributed by atoms with Crippen molar-refractivity contribution in [3.8, 4) is 0 Å². The zero-order chi connectivity index (χ0) is 27.1. The molecule has 8 heteroatoms. The van der Waals surface area contributed by atoms with E-state index in [2.05, 4.69) is 15.6 Å². The van der Waals surface area contributed by atoms with Crippen LogP contribution < -0.4 is 10.6 Å². The summed E-state index contributed by atoms with van der Waals surface area (Å²) in [5.41, 5.74) is 3.77. The Morgan fingerprint density at radius 2 is 1.79 bits per heavy atom. The number of aromatic nitrogens is 1. The van der Waals surface area contributed by atoms with Crippen LogP contribution in [-0.2, 0) is 45.8 Å². The lowest BCUT2D eigenvalue weighted by molar-refractivity contribution is -0.142. The van der Waals surface area contributed by atoms with Crippen LogP contribution in [0, 0.1) is 5.41 Å². The average Bonchev–Trinajstić information content (AvgIpc) is 3.40. The summed E-state index contributed by atoms with van der Waals surface area (Å²) in [6, 6.07) is 16.9. The van der Waals surface area contributed by atoms with Crippen molar-refractivity contribution in [3.63, 3.8) is 0 Å². The molecule has 0 saturated heterocycles. The normalized spacial score (nSPS) is 17.6. The monoisotopic (exact) mass is 512 g/mol. The van der Waals surface area contributed by atoms with Crippen molar-refractivity contribution in [2.24, 2.45) is 5.41 Å². The van der Waals surface area contributed by atoms with Gasteiger partial charge in [0.25, 0.3) is 0 Å². The lowest BCUT2D eigenvalue weighted by atomic mass is 9.79. The van der Waals surface area contributed by atoms with Crippen molar-refractivity contribution in [1.29, 1.82) is 0 Å². The molecule has 0 radical (unpaired) electrons. The van der Waals surface area contributed by atoms with Crippen molar-refractivity contribution in [3.05, 3.63) is 88.6 Å². The highest BCUT2D eigenvalue weighted by Crippen LogP contribution is 2.46. The number of nitrogens with one attached hydrogen (secondary N) is 2. The van der Waals surface area contributed by atoms with Gasteiger partial charge in [-0.3, -0.25) is 14.4 Å². The summed E-state index contributed by atoms with van der Waals surface area (Å²) in [6.07, 6.45) is 2.78. The van der Waals surface area contributed by atoms with Crippen molar-refractivity contribution in [1.82, 2.24) is 9.88 Å². The molecule has 1 aliphatic heterocycles. The van der Waals surface area contributed by atoms with Crippen LogP contribution in [0.15, 0.2) is 60.8 Å². The molecule has 1 aromatic heterocycles. The summed E-state index contributed by atoms with van der Waals surface area (Å²) in [5.74, 6) is 0.0957. The number of pyridine rings is 1. The highest BCUT2D eigenvalue weighted by atomic mass is 16.3. The fourth-order valence-corrected chi connectivity index (χ4v) is 5.46. The molecule has 196 valence electrons. The smallest absolute Gasteiger partial charge is 0.244 e. The Balaban J connectivity index is 1.33. The maximum Gasteiger partial charge on any atom is 0.244 e. The largest absolute Gasteiger partial charge is 0.392 e. The first kappa shape index (κ1) is 25.6. The number of amides is 3. The summed E-state index contributed by atoms with van der Waals surface area (Å²) < 4.78 is 0. The van der Waals surface area contributed by atoms with Crippen molar-refractivity contribution in [2.75, 3.05) is 17.2 Å². The molecule has 8 nitrogen and oxygen atoms in total. The Labute approximate surface area is 222 Å². The van der Waals surface area contributed by atoms with Crippen LogP contribution in [0.1, 0.15) is 48.6 Å². The minimum Gasteiger partial charge on any atom is -0.392 e. The van der Waals surface area contributed by atoms with Crippen LogP contribution in [-0.4, -0.2) is 39.3 Å². The van der Waals surface area contributed by atoms with E-state index in [0.29, 0.717) is 24.3 Å². The Kier molecular flexibility index (Phi) is 6.53. The third-order valence-corrected chi connectivity index (χ3v) is 7.38. The van der Waals surface area contributed by atoms with Crippen molar-refractivity contribution >= 4 is 29.2 Å². The lowest BCUT2D eigenvalue weighted by Crippen LogP contribution is -2.43. The molecule has 1 aliphatic carbocycles. The molecule has 2 heterocycles. The van der Waals surface area contributed by atoms with Gasteiger partial charge in [-0.2, -0.15) is 0 Å². The summed E-state index contributed by atoms with van der Waals surface area (Å²) in [4.78, 5) is 45.2. The molecule has 2 aliphatic rings. The van der Waals surface area contributed by atoms with Crippen LogP contribution in [0.25, 0.3) is 0 Å². The van der Waals surface area contributed by atoms with E-state index in [-0.39, 0.29) is 37.4 Å². The van der Waals surface area contributed by atoms with Gasteiger partial charge in [-0.15, -0.1) is 0 Å². The van der Waals surface area contributed by atoms with E-state index in [1.165, 1.54) is 4.90 Å². The molecular weight excluding hydrogens is 480 g/mol. The first-order valence-corrected chi connectivity index (χ1v) is 12.8. The standard InChI is InChI=1S/C30H32N4O4/c1-29(2,3)28(38)34(16-20-7-4-5-8-21(20)18-35)17-25(36)32-23-11-10-19-14-30(15-22(19)13-23)24-9-6-12-31-26(24)33-27(30)37/h4-13,35H,14-18H2,1-3H3,(H,32,36)(H,31,33,37). The van der Waals surface area contributed by atoms with Crippen LogP contribution in [0.4, 0.5) is 11.5 Å². The van der Waals surface area contributed by atoms with Crippen LogP contribution >= 0.6 is 0 Å². The molecule has 0 bridgehead atoms. The van der Waals surface area contributed by atoms with Gasteiger partial charge in [-0.1, -0.05) is 57.2 Å². The number of anilines is 2. The third kappa shape index (κ3) is 4.67. The number of hydrogen-bond acceptors (Lipinski definition) is 5. The Bertz CT molecular complexity index is 1430. The Morgan fingerprint density at radius 3 is 2.53 bits per heavy atom. The summed E-state index contributed by atoms with van der Waals surface area (Å²) in [5, 5.41) is 15.6. The summed E-state index contributed by atoms with van der Waals surface area (Å²) in [6.45, 7) is 5.41. The number of hydrogen-bond donors (Lipinski definition) is 3. The molecular formula is C30H32N4O4. The van der Waals surface area contributed by atoms with Gasteiger partial charge in [0.05, 0.1) is 12.0 Å². The predicted molar refractivity (Wildman–Crippen MR) is 144 cm³/mol. The molecule has 1 spiro atoms. The number of aliphatic hydroxyl groups is 1. The molecule has 38 heavy (non-hydrogen) atoms. The number of rotatable bonds is 6. The van der Waals surface area contributed by atoms with E-state index in [1.807, 2.05) is 75.4 Å². The zero-order valence-corrected chi connectivity index (χ0v) is 21.9. The maximum atomic E-state index is 13.2. The maximum absolute atomic E-state index is 13.2. The molecule has 3 aromatic rings. The van der Waals surface area contributed by atoms with Crippen molar-refractivity contribution < 1.29 is 19.5 Å². The average molecular weight is 513 g/mol. The second-order valence-electron chi connectivity index (χ2n) is 11.2. The fourth-order valence-electron chi connectivity index (χ4n) is 5.46. The highest BCUT2D eigenvalue weighted by molar-refractivity contribution is 6.06. The number of fused-ring (bicyclic) bond motifs is 3. The van der Waals surface area contributed by atoms with Gasteiger partial charge < -0.3 is 20.6 Å². The molecule has 5 rings (SSSR count). The van der Waals surface area contributed by atoms with Crippen molar-refractivity contribution in [2.45, 2.75) is 52.2 Å². The van der Waals surface area contributed by atoms with Gasteiger partial charge in [0, 0.05) is 29.4 Å². The number of carbonyl (C=O) groups excluding carboxylic acids is 3. The first-order valence-electron chi connectivity index (χ1n) is 12.8. The van der Waals surface area contributed by atoms with Gasteiger partial charge in [0.15, 0.2) is 0 Å². The van der Waals surface area contributed by atoms with Crippen LogP contribution in [0.3, 0.4) is 0 Å². The highest BCUT2D eigenvalue weighted by Gasteiger charge is 2.51. The predicted octanol–water partition coefficient (Wildman–Crippen LogP) is 3.58. The minimum absolute atomic E-state index is 0.0486. The zero-order valence-electron chi connectivity index (χ0n) is 21.9. The number of aliphatic hydroxyl groups excluding tert-OH is 1. The Morgan fingerprint density at radius 1 is 1.05 bits per heavy atom. The lowest BCUT2D eigenvalue weighted by Gasteiger charge is -2.29. The Hall–Kier alpha value is -4.04. The van der Waals surface area contributed by atoms with Gasteiger partial charge in [-0.05, 0) is 53.3 Å². The van der Waals surface area contributed by atoms with Gasteiger partial charge >= 0.3 is 0 Å². The number of nitrogens with zero attached hydrogens (tertiary/aromatic N) is 2. The molecule has 0 fully saturated rings. The second kappa shape index (κ2) is 9.68. The van der Waals surface area contributed by atoms with Gasteiger partial charge in [-0.25, -0.2) is 4.98 Å². The molecule has 1 atom stereocenters. The number of benzene rings is 2. The van der Waals surface area contributed by atoms with E-state index >= 15 is 0 Å². The molecule has 1 unspecified atom stereocenters.